The fraction of sp³-hybridized carbons (Fsp3) is 0.720. The minimum absolute atomic E-state index is 0.408. The van der Waals surface area contributed by atoms with E-state index in [9.17, 15) is 9.90 Å². The van der Waals surface area contributed by atoms with Crippen LogP contribution in [0.3, 0.4) is 0 Å². The van der Waals surface area contributed by atoms with Gasteiger partial charge < -0.3 is 9.84 Å². The van der Waals surface area contributed by atoms with Crippen molar-refractivity contribution in [2.24, 2.45) is 0 Å². The third-order valence-corrected chi connectivity index (χ3v) is 4.60. The van der Waals surface area contributed by atoms with Crippen LogP contribution in [-0.4, -0.2) is 23.3 Å². The number of ether oxygens (including phenoxy) is 1. The van der Waals surface area contributed by atoms with Gasteiger partial charge in [-0.05, 0) is 36.7 Å². The molecule has 0 amide bonds. The summed E-state index contributed by atoms with van der Waals surface area (Å²) in [5.41, 5.74) is 0. The van der Waals surface area contributed by atoms with Crippen molar-refractivity contribution in [2.75, 3.05) is 0 Å². The van der Waals surface area contributed by atoms with Gasteiger partial charge in [0.15, 0.2) is 6.10 Å². The van der Waals surface area contributed by atoms with E-state index in [1.807, 2.05) is 0 Å². The van der Waals surface area contributed by atoms with E-state index in [4.69, 9.17) is 4.74 Å². The van der Waals surface area contributed by atoms with E-state index in [0.29, 0.717) is 6.42 Å². The molecule has 0 spiro atoms. The molecule has 0 aliphatic rings. The first-order valence-corrected chi connectivity index (χ1v) is 11.1. The molecule has 0 bridgehead atoms. The van der Waals surface area contributed by atoms with Crippen LogP contribution in [0.15, 0.2) is 12.7 Å². The second-order valence-corrected chi connectivity index (χ2v) is 7.35. The maximum Gasteiger partial charge on any atom is 0.304 e. The van der Waals surface area contributed by atoms with Gasteiger partial charge in [-0.25, -0.2) is 0 Å². The Morgan fingerprint density at radius 3 is 1.82 bits per heavy atom. The molecule has 0 aromatic rings. The van der Waals surface area contributed by atoms with Crippen molar-refractivity contribution in [2.45, 2.75) is 116 Å². The lowest BCUT2D eigenvalue weighted by atomic mass is 10.0. The predicted molar refractivity (Wildman–Crippen MR) is 118 cm³/mol. The van der Waals surface area contributed by atoms with Gasteiger partial charge in [0.1, 0.15) is 6.10 Å². The maximum atomic E-state index is 10.8. The molecule has 3 heteroatoms. The van der Waals surface area contributed by atoms with E-state index in [0.717, 1.165) is 12.8 Å². The van der Waals surface area contributed by atoms with Gasteiger partial charge in [0, 0.05) is 6.92 Å². The van der Waals surface area contributed by atoms with Crippen molar-refractivity contribution in [1.29, 1.82) is 0 Å². The maximum absolute atomic E-state index is 10.8. The standard InChI is InChI=1S/C25H40O3/c1-4-6-7-8-9-10-11-12-13-14-15-16-17-20-24(27)21-18-19-22-25(5-2)28-23(3)26/h5,24-25,27H,2,4,6-17,20H2,1,3H3/t24-,25+/m0/s1. The highest BCUT2D eigenvalue weighted by atomic mass is 16.5. The lowest BCUT2D eigenvalue weighted by molar-refractivity contribution is -0.142. The summed E-state index contributed by atoms with van der Waals surface area (Å²) in [6, 6.07) is 0. The number of esters is 1. The van der Waals surface area contributed by atoms with Crippen LogP contribution in [0.1, 0.15) is 104 Å². The fourth-order valence-corrected chi connectivity index (χ4v) is 2.97. The lowest BCUT2D eigenvalue weighted by Crippen LogP contribution is -2.10. The Hall–Kier alpha value is -1.71. The summed E-state index contributed by atoms with van der Waals surface area (Å²) in [4.78, 5) is 10.8. The molecule has 0 heterocycles. The highest BCUT2D eigenvalue weighted by Gasteiger charge is 2.02. The van der Waals surface area contributed by atoms with Crippen molar-refractivity contribution in [3.63, 3.8) is 0 Å². The lowest BCUT2D eigenvalue weighted by Gasteiger charge is -2.04. The summed E-state index contributed by atoms with van der Waals surface area (Å²) in [5, 5.41) is 9.85. The largest absolute Gasteiger partial charge is 0.445 e. The number of hydrogen-bond donors (Lipinski definition) is 1. The highest BCUT2D eigenvalue weighted by molar-refractivity contribution is 5.66. The van der Waals surface area contributed by atoms with Crippen LogP contribution in [0.25, 0.3) is 0 Å². The Morgan fingerprint density at radius 1 is 0.893 bits per heavy atom. The second kappa shape index (κ2) is 20.0. The quantitative estimate of drug-likeness (QED) is 0.154. The number of aliphatic hydroxyl groups is 1. The molecule has 2 atom stereocenters. The van der Waals surface area contributed by atoms with E-state index >= 15 is 0 Å². The minimum Gasteiger partial charge on any atom is -0.445 e. The molecule has 1 N–H and O–H groups in total. The van der Waals surface area contributed by atoms with Crippen molar-refractivity contribution < 1.29 is 14.6 Å². The van der Waals surface area contributed by atoms with E-state index in [1.54, 1.807) is 0 Å². The average Bonchev–Trinajstić information content (AvgIpc) is 2.67. The summed E-state index contributed by atoms with van der Waals surface area (Å²) in [6.07, 6.45) is 17.9. The van der Waals surface area contributed by atoms with Crippen molar-refractivity contribution in [3.05, 3.63) is 12.7 Å². The number of rotatable bonds is 16. The van der Waals surface area contributed by atoms with Crippen LogP contribution in [0.4, 0.5) is 0 Å². The smallest absolute Gasteiger partial charge is 0.304 e. The first-order valence-electron chi connectivity index (χ1n) is 11.1. The molecule has 0 fully saturated rings. The van der Waals surface area contributed by atoms with E-state index in [1.165, 1.54) is 83.6 Å². The Labute approximate surface area is 173 Å². The average molecular weight is 389 g/mol. The zero-order chi connectivity index (χ0) is 20.9. The first-order chi connectivity index (χ1) is 13.6. The van der Waals surface area contributed by atoms with E-state index < -0.39 is 18.2 Å². The zero-order valence-corrected chi connectivity index (χ0v) is 18.1. The molecule has 0 aromatic heterocycles. The predicted octanol–water partition coefficient (Wildman–Crippen LogP) is 5.95. The summed E-state index contributed by atoms with van der Waals surface area (Å²) >= 11 is 0. The Bertz CT molecular complexity index is 515. The molecule has 0 saturated heterocycles. The molecule has 28 heavy (non-hydrogen) atoms. The Morgan fingerprint density at radius 2 is 1.36 bits per heavy atom. The molecule has 0 saturated carbocycles. The SMILES string of the molecule is C=C[C@H](C#CC#C[C@@H](O)CCCCCCCCCCCCCCC)OC(C)=O. The normalized spacial score (nSPS) is 12.1. The molecule has 0 rings (SSSR count). The monoisotopic (exact) mass is 388 g/mol. The van der Waals surface area contributed by atoms with E-state index in [2.05, 4.69) is 37.2 Å². The van der Waals surface area contributed by atoms with Gasteiger partial charge in [-0.3, -0.25) is 4.79 Å². The molecule has 158 valence electrons. The summed E-state index contributed by atoms with van der Waals surface area (Å²) in [5.74, 6) is 10.2. The van der Waals surface area contributed by atoms with Gasteiger partial charge in [0.05, 0.1) is 0 Å². The summed E-state index contributed by atoms with van der Waals surface area (Å²) in [6.45, 7) is 7.13. The summed E-state index contributed by atoms with van der Waals surface area (Å²) in [7, 11) is 0. The van der Waals surface area contributed by atoms with Crippen LogP contribution in [0.5, 0.6) is 0 Å². The molecule has 0 aliphatic heterocycles. The van der Waals surface area contributed by atoms with Gasteiger partial charge in [0.2, 0.25) is 0 Å². The van der Waals surface area contributed by atoms with Gasteiger partial charge in [-0.15, -0.1) is 0 Å². The van der Waals surface area contributed by atoms with Gasteiger partial charge in [-0.1, -0.05) is 96.5 Å². The number of carbonyl (C=O) groups is 1. The fourth-order valence-electron chi connectivity index (χ4n) is 2.97. The Balaban J connectivity index is 3.57. The van der Waals surface area contributed by atoms with Crippen LogP contribution in [-0.2, 0) is 9.53 Å². The first kappa shape index (κ1) is 26.3. The Kier molecular flexibility index (Phi) is 18.8. The molecular weight excluding hydrogens is 348 g/mol. The van der Waals surface area contributed by atoms with Crippen molar-refractivity contribution >= 4 is 5.97 Å². The molecule has 0 unspecified atom stereocenters. The minimum atomic E-state index is -0.648. The van der Waals surface area contributed by atoms with Crippen LogP contribution in [0, 0.1) is 23.7 Å². The van der Waals surface area contributed by atoms with Crippen LogP contribution in [0.2, 0.25) is 0 Å². The molecule has 0 aromatic carbocycles. The topological polar surface area (TPSA) is 46.5 Å². The van der Waals surface area contributed by atoms with Crippen molar-refractivity contribution in [1.82, 2.24) is 0 Å². The van der Waals surface area contributed by atoms with Crippen LogP contribution < -0.4 is 0 Å². The molecule has 0 aliphatic carbocycles. The van der Waals surface area contributed by atoms with Crippen molar-refractivity contribution in [3.8, 4) is 23.7 Å². The van der Waals surface area contributed by atoms with Crippen LogP contribution >= 0.6 is 0 Å². The third-order valence-electron chi connectivity index (χ3n) is 4.60. The van der Waals surface area contributed by atoms with Gasteiger partial charge in [-0.2, -0.15) is 0 Å². The molecule has 3 nitrogen and oxygen atoms in total. The highest BCUT2D eigenvalue weighted by Crippen LogP contribution is 2.13. The van der Waals surface area contributed by atoms with Gasteiger partial charge >= 0.3 is 5.97 Å². The number of carbonyl (C=O) groups excluding carboxylic acids is 1. The number of aliphatic hydroxyl groups excluding tert-OH is 1. The van der Waals surface area contributed by atoms with E-state index in [-0.39, 0.29) is 0 Å². The third kappa shape index (κ3) is 19.1. The number of unbranched alkanes of at least 4 members (excludes halogenated alkanes) is 12. The zero-order valence-electron chi connectivity index (χ0n) is 18.1. The summed E-state index contributed by atoms with van der Waals surface area (Å²) < 4.78 is 4.90. The second-order valence-electron chi connectivity index (χ2n) is 7.35. The molecule has 0 radical (unpaired) electrons. The molecular formula is C25H40O3. The number of hydrogen-bond acceptors (Lipinski definition) is 3. The van der Waals surface area contributed by atoms with Gasteiger partial charge in [0.25, 0.3) is 0 Å².